The van der Waals surface area contributed by atoms with Crippen molar-refractivity contribution in [3.05, 3.63) is 46.0 Å². The predicted molar refractivity (Wildman–Crippen MR) is 97.4 cm³/mol. The number of nitrogens with zero attached hydrogens (tertiary/aromatic N) is 3. The lowest BCUT2D eigenvalue weighted by atomic mass is 10.1. The number of rotatable bonds is 5. The zero-order valence-corrected chi connectivity index (χ0v) is 16.1. The summed E-state index contributed by atoms with van der Waals surface area (Å²) in [5.74, 6) is -0.475. The number of aryl methyl sites for hydroxylation is 1. The third-order valence-electron chi connectivity index (χ3n) is 4.23. The van der Waals surface area contributed by atoms with Gasteiger partial charge in [0.15, 0.2) is 5.13 Å². The second kappa shape index (κ2) is 7.78. The lowest BCUT2D eigenvalue weighted by Crippen LogP contribution is -2.31. The highest BCUT2D eigenvalue weighted by Gasteiger charge is 2.33. The number of urea groups is 1. The molecular formula is C18H18F3N3O3S. The second-order valence-electron chi connectivity index (χ2n) is 6.18. The standard InChI is InChI=1S/C18H18F3N3O3S/c1-3-27-15(25)14-11(2)22-16(28-14)24-9-8-23(17(24)26)10-12-4-6-13(7-5-12)18(19,20)21/h4-7H,3,8-10H2,1-2H3. The van der Waals surface area contributed by atoms with Crippen LogP contribution in [0.2, 0.25) is 0 Å². The number of hydrogen-bond acceptors (Lipinski definition) is 5. The normalized spacial score (nSPS) is 14.7. The van der Waals surface area contributed by atoms with E-state index in [9.17, 15) is 22.8 Å². The first-order valence-electron chi connectivity index (χ1n) is 8.57. The number of aromatic nitrogens is 1. The predicted octanol–water partition coefficient (Wildman–Crippen LogP) is 4.09. The zero-order chi connectivity index (χ0) is 20.5. The number of ether oxygens (including phenoxy) is 1. The Labute approximate surface area is 163 Å². The summed E-state index contributed by atoms with van der Waals surface area (Å²) in [4.78, 5) is 32.3. The minimum Gasteiger partial charge on any atom is -0.462 e. The molecule has 1 saturated heterocycles. The van der Waals surface area contributed by atoms with Crippen LogP contribution in [0.15, 0.2) is 24.3 Å². The number of hydrogen-bond donors (Lipinski definition) is 0. The molecule has 2 amide bonds. The smallest absolute Gasteiger partial charge is 0.416 e. The summed E-state index contributed by atoms with van der Waals surface area (Å²) in [5.41, 5.74) is 0.369. The van der Waals surface area contributed by atoms with Crippen molar-refractivity contribution in [3.63, 3.8) is 0 Å². The molecule has 1 aliphatic rings. The van der Waals surface area contributed by atoms with E-state index in [1.165, 1.54) is 21.9 Å². The van der Waals surface area contributed by atoms with E-state index in [1.54, 1.807) is 13.8 Å². The molecule has 1 fully saturated rings. The van der Waals surface area contributed by atoms with Gasteiger partial charge in [0.1, 0.15) is 4.88 Å². The van der Waals surface area contributed by atoms with E-state index in [0.717, 1.165) is 23.5 Å². The molecule has 10 heteroatoms. The first kappa shape index (κ1) is 20.1. The minimum absolute atomic E-state index is 0.197. The average molecular weight is 413 g/mol. The minimum atomic E-state index is -4.39. The molecule has 0 N–H and O–H groups in total. The van der Waals surface area contributed by atoms with E-state index >= 15 is 0 Å². The SMILES string of the molecule is CCOC(=O)c1sc(N2CCN(Cc3ccc(C(F)(F)F)cc3)C2=O)nc1C. The number of carbonyl (C=O) groups excluding carboxylic acids is 2. The summed E-state index contributed by atoms with van der Waals surface area (Å²) in [6.07, 6.45) is -4.39. The lowest BCUT2D eigenvalue weighted by Gasteiger charge is -2.17. The number of carbonyl (C=O) groups is 2. The van der Waals surface area contributed by atoms with Crippen LogP contribution in [0.5, 0.6) is 0 Å². The molecule has 1 aromatic carbocycles. The molecule has 28 heavy (non-hydrogen) atoms. The van der Waals surface area contributed by atoms with Gasteiger partial charge >= 0.3 is 18.2 Å². The van der Waals surface area contributed by atoms with Crippen LogP contribution in [-0.2, 0) is 17.5 Å². The molecule has 0 atom stereocenters. The Kier molecular flexibility index (Phi) is 5.59. The molecule has 1 aromatic heterocycles. The van der Waals surface area contributed by atoms with Crippen molar-refractivity contribution in [1.29, 1.82) is 0 Å². The first-order chi connectivity index (χ1) is 13.2. The van der Waals surface area contributed by atoms with Crippen molar-refractivity contribution in [2.75, 3.05) is 24.6 Å². The number of benzene rings is 1. The number of halogens is 3. The fraction of sp³-hybridized carbons (Fsp3) is 0.389. The molecule has 0 radical (unpaired) electrons. The maximum Gasteiger partial charge on any atom is 0.416 e. The van der Waals surface area contributed by atoms with E-state index in [1.807, 2.05) is 0 Å². The first-order valence-corrected chi connectivity index (χ1v) is 9.39. The maximum atomic E-state index is 12.7. The highest BCUT2D eigenvalue weighted by Crippen LogP contribution is 2.31. The third kappa shape index (κ3) is 4.11. The van der Waals surface area contributed by atoms with Crippen LogP contribution < -0.4 is 4.90 Å². The quantitative estimate of drug-likeness (QED) is 0.693. The van der Waals surface area contributed by atoms with Gasteiger partial charge < -0.3 is 9.64 Å². The Morgan fingerprint density at radius 3 is 2.54 bits per heavy atom. The maximum absolute atomic E-state index is 12.7. The van der Waals surface area contributed by atoms with Crippen molar-refractivity contribution >= 4 is 28.5 Å². The van der Waals surface area contributed by atoms with E-state index in [2.05, 4.69) is 4.98 Å². The number of anilines is 1. The van der Waals surface area contributed by atoms with Crippen LogP contribution in [0.3, 0.4) is 0 Å². The van der Waals surface area contributed by atoms with Crippen LogP contribution in [0, 0.1) is 6.92 Å². The van der Waals surface area contributed by atoms with Gasteiger partial charge in [-0.2, -0.15) is 13.2 Å². The molecule has 6 nitrogen and oxygen atoms in total. The summed E-state index contributed by atoms with van der Waals surface area (Å²) in [6, 6.07) is 4.44. The van der Waals surface area contributed by atoms with Crippen molar-refractivity contribution in [1.82, 2.24) is 9.88 Å². The number of alkyl halides is 3. The van der Waals surface area contributed by atoms with Gasteiger partial charge in [-0.25, -0.2) is 14.6 Å². The molecule has 0 unspecified atom stereocenters. The van der Waals surface area contributed by atoms with Gasteiger partial charge in [0, 0.05) is 19.6 Å². The highest BCUT2D eigenvalue weighted by atomic mass is 32.1. The molecule has 1 aliphatic heterocycles. The van der Waals surface area contributed by atoms with Crippen LogP contribution in [-0.4, -0.2) is 41.6 Å². The molecule has 2 heterocycles. The third-order valence-corrected chi connectivity index (χ3v) is 5.39. The molecule has 3 rings (SSSR count). The second-order valence-corrected chi connectivity index (χ2v) is 7.16. The van der Waals surface area contributed by atoms with E-state index in [4.69, 9.17) is 4.74 Å². The van der Waals surface area contributed by atoms with E-state index in [0.29, 0.717) is 34.4 Å². The number of esters is 1. The molecule has 150 valence electrons. The van der Waals surface area contributed by atoms with Gasteiger partial charge in [-0.1, -0.05) is 23.5 Å². The largest absolute Gasteiger partial charge is 0.462 e. The highest BCUT2D eigenvalue weighted by molar-refractivity contribution is 7.17. The van der Waals surface area contributed by atoms with Gasteiger partial charge in [0.25, 0.3) is 0 Å². The fourth-order valence-corrected chi connectivity index (χ4v) is 3.79. The Balaban J connectivity index is 1.70. The summed E-state index contributed by atoms with van der Waals surface area (Å²) in [6.45, 7) is 4.62. The molecule has 2 aromatic rings. The molecule has 0 bridgehead atoms. The molecular weight excluding hydrogens is 395 g/mol. The van der Waals surface area contributed by atoms with Crippen LogP contribution in [0.4, 0.5) is 23.1 Å². The molecule has 0 saturated carbocycles. The topological polar surface area (TPSA) is 62.7 Å². The van der Waals surface area contributed by atoms with Gasteiger partial charge in [-0.3, -0.25) is 4.90 Å². The molecule has 0 spiro atoms. The van der Waals surface area contributed by atoms with Crippen molar-refractivity contribution in [2.45, 2.75) is 26.6 Å². The zero-order valence-electron chi connectivity index (χ0n) is 15.2. The van der Waals surface area contributed by atoms with Crippen molar-refractivity contribution in [3.8, 4) is 0 Å². The van der Waals surface area contributed by atoms with E-state index < -0.39 is 17.7 Å². The summed E-state index contributed by atoms with van der Waals surface area (Å²) in [7, 11) is 0. The summed E-state index contributed by atoms with van der Waals surface area (Å²) < 4.78 is 42.9. The van der Waals surface area contributed by atoms with Gasteiger partial charge in [0.2, 0.25) is 0 Å². The Hall–Kier alpha value is -2.62. The van der Waals surface area contributed by atoms with Crippen molar-refractivity contribution in [2.24, 2.45) is 0 Å². The average Bonchev–Trinajstić information content (AvgIpc) is 3.18. The van der Waals surface area contributed by atoms with Gasteiger partial charge in [0.05, 0.1) is 17.9 Å². The van der Waals surface area contributed by atoms with Crippen LogP contribution in [0.25, 0.3) is 0 Å². The lowest BCUT2D eigenvalue weighted by molar-refractivity contribution is -0.137. The molecule has 0 aliphatic carbocycles. The van der Waals surface area contributed by atoms with Crippen molar-refractivity contribution < 1.29 is 27.5 Å². The summed E-state index contributed by atoms with van der Waals surface area (Å²) in [5, 5.41) is 0.403. The fourth-order valence-electron chi connectivity index (χ4n) is 2.81. The monoisotopic (exact) mass is 413 g/mol. The van der Waals surface area contributed by atoms with Crippen LogP contribution >= 0.6 is 11.3 Å². The number of amides is 2. The summed E-state index contributed by atoms with van der Waals surface area (Å²) >= 11 is 1.09. The Morgan fingerprint density at radius 1 is 1.25 bits per heavy atom. The van der Waals surface area contributed by atoms with Gasteiger partial charge in [-0.05, 0) is 31.5 Å². The number of thiazole rings is 1. The Bertz CT molecular complexity index is 880. The Morgan fingerprint density at radius 2 is 1.93 bits per heavy atom. The van der Waals surface area contributed by atoms with Gasteiger partial charge in [-0.15, -0.1) is 0 Å². The van der Waals surface area contributed by atoms with Crippen LogP contribution in [0.1, 0.15) is 33.4 Å². The van der Waals surface area contributed by atoms with E-state index in [-0.39, 0.29) is 19.2 Å².